The fourth-order valence-electron chi connectivity index (χ4n) is 1.48. The molecule has 0 aliphatic rings. The van der Waals surface area contributed by atoms with Crippen LogP contribution >= 0.6 is 0 Å². The number of rotatable bonds is 7. The molecule has 0 radical (unpaired) electrons. The lowest BCUT2D eigenvalue weighted by molar-refractivity contribution is -0.875. The van der Waals surface area contributed by atoms with Gasteiger partial charge in [-0.1, -0.05) is 0 Å². The number of furan rings is 1. The summed E-state index contributed by atoms with van der Waals surface area (Å²) >= 11 is 0. The van der Waals surface area contributed by atoms with Crippen molar-refractivity contribution >= 4 is 5.91 Å². The highest BCUT2D eigenvalue weighted by Gasteiger charge is 2.15. The number of quaternary nitrogens is 2. The molecular formula is C12H23N3O2+2. The Balaban J connectivity index is 2.18. The van der Waals surface area contributed by atoms with Crippen molar-refractivity contribution in [1.29, 1.82) is 0 Å². The van der Waals surface area contributed by atoms with Crippen LogP contribution in [-0.2, 0) is 11.3 Å². The van der Waals surface area contributed by atoms with Gasteiger partial charge in [0.25, 0.3) is 5.91 Å². The molecule has 0 aromatic carbocycles. The van der Waals surface area contributed by atoms with Gasteiger partial charge in [-0.05, 0) is 19.1 Å². The number of likely N-dealkylation sites (N-methyl/N-ethyl adjacent to an activating group) is 1. The van der Waals surface area contributed by atoms with Gasteiger partial charge in [0.1, 0.15) is 18.8 Å². The van der Waals surface area contributed by atoms with Gasteiger partial charge < -0.3 is 20.0 Å². The van der Waals surface area contributed by atoms with Gasteiger partial charge in [0, 0.05) is 0 Å². The first kappa shape index (κ1) is 13.7. The van der Waals surface area contributed by atoms with Gasteiger partial charge in [0.15, 0.2) is 6.04 Å². The monoisotopic (exact) mass is 241 g/mol. The number of carbonyl (C=O) groups excluding carboxylic acids is 1. The molecule has 0 unspecified atom stereocenters. The molecule has 96 valence electrons. The molecule has 0 aliphatic carbocycles. The SMILES string of the molecule is C[C@@H]([NH2+]CC[NH+](C)C)C(=O)NCc1ccco1. The zero-order valence-corrected chi connectivity index (χ0v) is 10.8. The maximum atomic E-state index is 11.7. The van der Waals surface area contributed by atoms with Crippen LogP contribution in [0.1, 0.15) is 12.7 Å². The second kappa shape index (κ2) is 7.09. The average molecular weight is 241 g/mol. The summed E-state index contributed by atoms with van der Waals surface area (Å²) in [6.07, 6.45) is 1.61. The molecule has 4 N–H and O–H groups in total. The first-order chi connectivity index (χ1) is 8.09. The van der Waals surface area contributed by atoms with Crippen LogP contribution in [0.2, 0.25) is 0 Å². The number of nitrogens with one attached hydrogen (secondary N) is 2. The number of hydrogen-bond acceptors (Lipinski definition) is 2. The Morgan fingerprint density at radius 1 is 1.59 bits per heavy atom. The van der Waals surface area contributed by atoms with E-state index in [1.807, 2.05) is 19.1 Å². The van der Waals surface area contributed by atoms with Crippen LogP contribution in [0.25, 0.3) is 0 Å². The zero-order valence-electron chi connectivity index (χ0n) is 10.8. The van der Waals surface area contributed by atoms with E-state index in [9.17, 15) is 4.79 Å². The Kier molecular flexibility index (Phi) is 5.72. The Labute approximate surface area is 102 Å². The van der Waals surface area contributed by atoms with E-state index in [4.69, 9.17) is 4.42 Å². The van der Waals surface area contributed by atoms with Gasteiger partial charge in [-0.3, -0.25) is 4.79 Å². The summed E-state index contributed by atoms with van der Waals surface area (Å²) in [4.78, 5) is 13.1. The third-order valence-corrected chi connectivity index (χ3v) is 2.60. The van der Waals surface area contributed by atoms with E-state index < -0.39 is 0 Å². The maximum absolute atomic E-state index is 11.7. The van der Waals surface area contributed by atoms with E-state index in [0.29, 0.717) is 6.54 Å². The molecule has 1 rings (SSSR count). The molecule has 0 fully saturated rings. The predicted molar refractivity (Wildman–Crippen MR) is 64.5 cm³/mol. The lowest BCUT2D eigenvalue weighted by Gasteiger charge is -2.11. The molecule has 0 spiro atoms. The van der Waals surface area contributed by atoms with Gasteiger partial charge >= 0.3 is 0 Å². The average Bonchev–Trinajstić information content (AvgIpc) is 2.78. The highest BCUT2D eigenvalue weighted by molar-refractivity contribution is 5.79. The summed E-state index contributed by atoms with van der Waals surface area (Å²) in [5, 5.41) is 4.91. The van der Waals surface area contributed by atoms with Crippen LogP contribution in [0.15, 0.2) is 22.8 Å². The second-order valence-corrected chi connectivity index (χ2v) is 4.57. The molecule has 1 aromatic heterocycles. The van der Waals surface area contributed by atoms with E-state index in [0.717, 1.165) is 18.8 Å². The molecule has 5 heteroatoms. The minimum Gasteiger partial charge on any atom is -0.467 e. The molecular weight excluding hydrogens is 218 g/mol. The molecule has 1 heterocycles. The van der Waals surface area contributed by atoms with E-state index in [1.165, 1.54) is 4.90 Å². The predicted octanol–water partition coefficient (Wildman–Crippen LogP) is -2.01. The standard InChI is InChI=1S/C12H21N3O2/c1-10(13-6-7-15(2)3)12(16)14-9-11-5-4-8-17-11/h4-5,8,10,13H,6-7,9H2,1-3H3,(H,14,16)/p+2/t10-/m1/s1. The Morgan fingerprint density at radius 3 is 2.94 bits per heavy atom. The lowest BCUT2D eigenvalue weighted by atomic mass is 10.3. The third kappa shape index (κ3) is 5.51. The highest BCUT2D eigenvalue weighted by Crippen LogP contribution is 1.98. The third-order valence-electron chi connectivity index (χ3n) is 2.60. The van der Waals surface area contributed by atoms with E-state index >= 15 is 0 Å². The minimum absolute atomic E-state index is 0.0511. The molecule has 0 saturated carbocycles. The van der Waals surface area contributed by atoms with Gasteiger partial charge in [0.2, 0.25) is 0 Å². The normalized spacial score (nSPS) is 12.7. The Morgan fingerprint density at radius 2 is 2.35 bits per heavy atom. The number of hydrogen-bond donors (Lipinski definition) is 3. The lowest BCUT2D eigenvalue weighted by Crippen LogP contribution is -3.10. The van der Waals surface area contributed by atoms with Crippen LogP contribution in [0.5, 0.6) is 0 Å². The fourth-order valence-corrected chi connectivity index (χ4v) is 1.48. The van der Waals surface area contributed by atoms with Crippen molar-refractivity contribution < 1.29 is 19.4 Å². The van der Waals surface area contributed by atoms with E-state index in [2.05, 4.69) is 24.7 Å². The van der Waals surface area contributed by atoms with E-state index in [-0.39, 0.29) is 11.9 Å². The number of amides is 1. The van der Waals surface area contributed by atoms with Crippen molar-refractivity contribution in [2.45, 2.75) is 19.5 Å². The van der Waals surface area contributed by atoms with Crippen molar-refractivity contribution in [2.75, 3.05) is 27.2 Å². The van der Waals surface area contributed by atoms with Crippen molar-refractivity contribution in [3.63, 3.8) is 0 Å². The smallest absolute Gasteiger partial charge is 0.278 e. The van der Waals surface area contributed by atoms with E-state index in [1.54, 1.807) is 6.26 Å². The van der Waals surface area contributed by atoms with Crippen molar-refractivity contribution in [3.8, 4) is 0 Å². The molecule has 0 bridgehead atoms. The van der Waals surface area contributed by atoms with Gasteiger partial charge in [0.05, 0.1) is 26.9 Å². The van der Waals surface area contributed by atoms with Crippen molar-refractivity contribution in [1.82, 2.24) is 5.32 Å². The highest BCUT2D eigenvalue weighted by atomic mass is 16.3. The zero-order chi connectivity index (χ0) is 12.7. The quantitative estimate of drug-likeness (QED) is 0.517. The fraction of sp³-hybridized carbons (Fsp3) is 0.583. The van der Waals surface area contributed by atoms with Gasteiger partial charge in [-0.15, -0.1) is 0 Å². The first-order valence-corrected chi connectivity index (χ1v) is 6.02. The summed E-state index contributed by atoms with van der Waals surface area (Å²) in [6, 6.07) is 3.62. The molecule has 0 aliphatic heterocycles. The van der Waals surface area contributed by atoms with Crippen LogP contribution in [0.3, 0.4) is 0 Å². The molecule has 17 heavy (non-hydrogen) atoms. The number of carbonyl (C=O) groups is 1. The van der Waals surface area contributed by atoms with Crippen LogP contribution in [0, 0.1) is 0 Å². The van der Waals surface area contributed by atoms with Crippen molar-refractivity contribution in [3.05, 3.63) is 24.2 Å². The summed E-state index contributed by atoms with van der Waals surface area (Å²) in [7, 11) is 4.21. The summed E-state index contributed by atoms with van der Waals surface area (Å²) < 4.78 is 5.15. The topological polar surface area (TPSA) is 63.3 Å². The van der Waals surface area contributed by atoms with Crippen LogP contribution in [0.4, 0.5) is 0 Å². The summed E-state index contributed by atoms with van der Waals surface area (Å²) in [5.74, 6) is 0.832. The summed E-state index contributed by atoms with van der Waals surface area (Å²) in [6.45, 7) is 4.39. The van der Waals surface area contributed by atoms with Crippen LogP contribution < -0.4 is 15.5 Å². The molecule has 1 aromatic rings. The Hall–Kier alpha value is -1.33. The first-order valence-electron chi connectivity index (χ1n) is 6.02. The molecule has 5 nitrogen and oxygen atoms in total. The Bertz CT molecular complexity index is 323. The largest absolute Gasteiger partial charge is 0.467 e. The molecule has 1 amide bonds. The summed E-state index contributed by atoms with van der Waals surface area (Å²) in [5.41, 5.74) is 0. The maximum Gasteiger partial charge on any atom is 0.278 e. The molecule has 1 atom stereocenters. The second-order valence-electron chi connectivity index (χ2n) is 4.57. The minimum atomic E-state index is -0.0516. The van der Waals surface area contributed by atoms with Crippen LogP contribution in [-0.4, -0.2) is 39.1 Å². The molecule has 0 saturated heterocycles. The number of nitrogens with two attached hydrogens (primary N) is 1. The van der Waals surface area contributed by atoms with Gasteiger partial charge in [-0.2, -0.15) is 0 Å². The van der Waals surface area contributed by atoms with Gasteiger partial charge in [-0.25, -0.2) is 0 Å². The van der Waals surface area contributed by atoms with Crippen molar-refractivity contribution in [2.24, 2.45) is 0 Å².